The van der Waals surface area contributed by atoms with Crippen LogP contribution in [0.4, 0.5) is 17.2 Å². The van der Waals surface area contributed by atoms with Crippen molar-refractivity contribution in [2.24, 2.45) is 0 Å². The summed E-state index contributed by atoms with van der Waals surface area (Å²) in [7, 11) is 0. The molecule has 45 heavy (non-hydrogen) atoms. The van der Waals surface area contributed by atoms with Gasteiger partial charge in [0, 0.05) is 63.0 Å². The zero-order valence-electron chi connectivity index (χ0n) is 24.5. The summed E-state index contributed by atoms with van der Waals surface area (Å²) in [5.41, 5.74) is 3.76. The molecule has 4 amide bonds. The number of anilines is 3. The molecular weight excluding hydrogens is 576 g/mol. The normalized spacial score (nSPS) is 24.7. The molecule has 3 aromatic rings. The number of phenols is 1. The number of nitrogens with zero attached hydrogens (tertiary/aromatic N) is 6. The first-order valence-electron chi connectivity index (χ1n) is 15.4. The molecule has 0 aliphatic carbocycles. The lowest BCUT2D eigenvalue weighted by atomic mass is 10.0. The van der Waals surface area contributed by atoms with E-state index < -0.39 is 29.7 Å². The van der Waals surface area contributed by atoms with Crippen LogP contribution < -0.4 is 20.4 Å². The average Bonchev–Trinajstić information content (AvgIpc) is 3.64. The van der Waals surface area contributed by atoms with E-state index in [1.807, 2.05) is 24.3 Å². The summed E-state index contributed by atoms with van der Waals surface area (Å²) in [4.78, 5) is 58.7. The van der Waals surface area contributed by atoms with Gasteiger partial charge in [0.2, 0.25) is 11.8 Å². The first-order valence-corrected chi connectivity index (χ1v) is 15.4. The van der Waals surface area contributed by atoms with Crippen LogP contribution >= 0.6 is 0 Å². The minimum Gasteiger partial charge on any atom is -0.507 e. The van der Waals surface area contributed by atoms with Crippen molar-refractivity contribution < 1.29 is 24.3 Å². The monoisotopic (exact) mass is 608 g/mol. The summed E-state index contributed by atoms with van der Waals surface area (Å²) < 4.78 is 0. The van der Waals surface area contributed by atoms with Gasteiger partial charge in [-0.3, -0.25) is 34.3 Å². The van der Waals surface area contributed by atoms with Gasteiger partial charge in [0.15, 0.2) is 5.82 Å². The van der Waals surface area contributed by atoms with Gasteiger partial charge in [-0.05, 0) is 49.2 Å². The minimum atomic E-state index is -0.973. The predicted molar refractivity (Wildman–Crippen MR) is 164 cm³/mol. The number of nitrogens with one attached hydrogen (secondary N) is 2. The van der Waals surface area contributed by atoms with Crippen molar-refractivity contribution in [3.05, 3.63) is 59.7 Å². The standard InChI is InChI=1S/C32H32N8O5/c41-27-4-2-1-3-22(27)24-14-26-29(36-35-24)33-15-20-17-38(11-12-39(20)26)19-9-10-37(16-19)18-5-6-21-23(13-18)32(45)40(31(21)44)25-7-8-28(42)34-30(25)43/h1-6,13-14,19-20,25,41H,7-12,15-17H2,(H,33,36)(H,34,42,43)/t19?,20-,25?/m0/s1. The molecule has 6 heterocycles. The summed E-state index contributed by atoms with van der Waals surface area (Å²) in [5.74, 6) is -1.05. The number of para-hydroxylation sites is 1. The van der Waals surface area contributed by atoms with E-state index in [0.717, 1.165) is 67.8 Å². The molecule has 1 aromatic heterocycles. The van der Waals surface area contributed by atoms with Crippen molar-refractivity contribution in [2.45, 2.75) is 37.4 Å². The van der Waals surface area contributed by atoms with Crippen molar-refractivity contribution in [2.75, 3.05) is 54.4 Å². The molecule has 3 N–H and O–H groups in total. The van der Waals surface area contributed by atoms with E-state index in [4.69, 9.17) is 0 Å². The van der Waals surface area contributed by atoms with Crippen LogP contribution in [-0.4, -0.2) is 106 Å². The zero-order chi connectivity index (χ0) is 30.8. The third kappa shape index (κ3) is 4.57. The smallest absolute Gasteiger partial charge is 0.262 e. The Morgan fingerprint density at radius 1 is 0.822 bits per heavy atom. The van der Waals surface area contributed by atoms with Gasteiger partial charge in [0.25, 0.3) is 11.8 Å². The highest BCUT2D eigenvalue weighted by atomic mass is 16.3. The number of fused-ring (bicyclic) bond motifs is 4. The Bertz CT molecular complexity index is 1760. The Morgan fingerprint density at radius 3 is 2.51 bits per heavy atom. The molecule has 2 aromatic carbocycles. The number of hydrogen-bond acceptors (Lipinski definition) is 11. The van der Waals surface area contributed by atoms with E-state index in [1.165, 1.54) is 0 Å². The van der Waals surface area contributed by atoms with Crippen LogP contribution in [0.1, 0.15) is 40.0 Å². The summed E-state index contributed by atoms with van der Waals surface area (Å²) >= 11 is 0. The first kappa shape index (κ1) is 27.5. The molecule has 2 unspecified atom stereocenters. The number of amides is 4. The van der Waals surface area contributed by atoms with Crippen LogP contribution in [0.5, 0.6) is 5.75 Å². The third-order valence-corrected chi connectivity index (χ3v) is 9.75. The van der Waals surface area contributed by atoms with E-state index in [9.17, 15) is 24.3 Å². The van der Waals surface area contributed by atoms with Gasteiger partial charge in [-0.25, -0.2) is 0 Å². The van der Waals surface area contributed by atoms with E-state index in [-0.39, 0.29) is 24.6 Å². The maximum absolute atomic E-state index is 13.3. The van der Waals surface area contributed by atoms with Crippen LogP contribution in [0.15, 0.2) is 48.5 Å². The Balaban J connectivity index is 0.947. The second-order valence-corrected chi connectivity index (χ2v) is 12.3. The molecule has 5 aliphatic rings. The molecule has 0 spiro atoms. The lowest BCUT2D eigenvalue weighted by Gasteiger charge is -2.47. The van der Waals surface area contributed by atoms with Crippen molar-refractivity contribution in [1.82, 2.24) is 25.3 Å². The maximum Gasteiger partial charge on any atom is 0.262 e. The summed E-state index contributed by atoms with van der Waals surface area (Å²) in [6.07, 6.45) is 1.21. The topological polar surface area (TPSA) is 151 Å². The lowest BCUT2D eigenvalue weighted by molar-refractivity contribution is -0.136. The number of benzene rings is 2. The summed E-state index contributed by atoms with van der Waals surface area (Å²) in [6.45, 7) is 5.01. The van der Waals surface area contributed by atoms with Crippen LogP contribution in [0, 0.1) is 0 Å². The second kappa shape index (κ2) is 10.5. The number of piperidine rings is 1. The van der Waals surface area contributed by atoms with Gasteiger partial charge < -0.3 is 20.2 Å². The molecule has 5 aliphatic heterocycles. The SMILES string of the molecule is O=C1CCC(N2C(=O)c3ccc(N4CCC(N5CCN6c7cc(-c8ccccc8O)nnc7NC[C@H]6C5)C4)cc3C2=O)C(=O)N1. The van der Waals surface area contributed by atoms with Gasteiger partial charge >= 0.3 is 0 Å². The van der Waals surface area contributed by atoms with Gasteiger partial charge in [-0.1, -0.05) is 12.1 Å². The number of phenolic OH excluding ortho intramolecular Hbond substituents is 1. The predicted octanol–water partition coefficient (Wildman–Crippen LogP) is 1.45. The van der Waals surface area contributed by atoms with Crippen molar-refractivity contribution in [3.8, 4) is 17.0 Å². The Hall–Kier alpha value is -5.04. The quantitative estimate of drug-likeness (QED) is 0.369. The van der Waals surface area contributed by atoms with E-state index in [0.29, 0.717) is 28.4 Å². The van der Waals surface area contributed by atoms with Crippen LogP contribution in [0.25, 0.3) is 11.3 Å². The Morgan fingerprint density at radius 2 is 1.67 bits per heavy atom. The third-order valence-electron chi connectivity index (χ3n) is 9.75. The number of aromatic nitrogens is 2. The van der Waals surface area contributed by atoms with Gasteiger partial charge in [0.05, 0.1) is 28.6 Å². The fourth-order valence-corrected chi connectivity index (χ4v) is 7.40. The zero-order valence-corrected chi connectivity index (χ0v) is 24.5. The molecule has 8 rings (SSSR count). The molecule has 13 nitrogen and oxygen atoms in total. The molecule has 0 saturated carbocycles. The Kier molecular flexibility index (Phi) is 6.45. The largest absolute Gasteiger partial charge is 0.507 e. The molecule has 3 saturated heterocycles. The number of carbonyl (C=O) groups excluding carboxylic acids is 4. The second-order valence-electron chi connectivity index (χ2n) is 12.3. The van der Waals surface area contributed by atoms with Gasteiger partial charge in [-0.15, -0.1) is 10.2 Å². The molecule has 230 valence electrons. The first-order chi connectivity index (χ1) is 21.9. The molecule has 3 fully saturated rings. The number of hydrogen-bond donors (Lipinski definition) is 3. The molecule has 13 heteroatoms. The number of piperazine rings is 1. The highest BCUT2D eigenvalue weighted by Gasteiger charge is 2.45. The summed E-state index contributed by atoms with van der Waals surface area (Å²) in [6, 6.07) is 14.1. The number of imide groups is 2. The highest BCUT2D eigenvalue weighted by Crippen LogP contribution is 2.37. The highest BCUT2D eigenvalue weighted by molar-refractivity contribution is 6.23. The van der Waals surface area contributed by atoms with Crippen LogP contribution in [0.2, 0.25) is 0 Å². The fraction of sp³-hybridized carbons (Fsp3) is 0.375. The summed E-state index contributed by atoms with van der Waals surface area (Å²) in [5, 5.41) is 24.8. The van der Waals surface area contributed by atoms with Crippen molar-refractivity contribution >= 4 is 40.8 Å². The Labute approximate surface area is 258 Å². The van der Waals surface area contributed by atoms with Crippen molar-refractivity contribution in [3.63, 3.8) is 0 Å². The number of aromatic hydroxyl groups is 1. The maximum atomic E-state index is 13.3. The van der Waals surface area contributed by atoms with Gasteiger partial charge in [-0.2, -0.15) is 0 Å². The number of rotatable bonds is 4. The van der Waals surface area contributed by atoms with E-state index in [1.54, 1.807) is 24.3 Å². The van der Waals surface area contributed by atoms with E-state index >= 15 is 0 Å². The molecule has 0 bridgehead atoms. The average molecular weight is 609 g/mol. The molecular formula is C32H32N8O5. The minimum absolute atomic E-state index is 0.0926. The van der Waals surface area contributed by atoms with Crippen molar-refractivity contribution in [1.29, 1.82) is 0 Å². The van der Waals surface area contributed by atoms with Crippen LogP contribution in [0.3, 0.4) is 0 Å². The van der Waals surface area contributed by atoms with E-state index in [2.05, 4.69) is 35.5 Å². The van der Waals surface area contributed by atoms with Gasteiger partial charge in [0.1, 0.15) is 11.8 Å². The molecule has 0 radical (unpaired) electrons. The van der Waals surface area contributed by atoms with Crippen LogP contribution in [-0.2, 0) is 9.59 Å². The number of carbonyl (C=O) groups is 4. The fourth-order valence-electron chi connectivity index (χ4n) is 7.40. The molecule has 3 atom stereocenters. The lowest BCUT2D eigenvalue weighted by Crippen LogP contribution is -2.60.